The Kier molecular flexibility index (Phi) is 2.02. The van der Waals surface area contributed by atoms with Crippen molar-refractivity contribution in [3.8, 4) is 11.3 Å². The Balaban J connectivity index is 2.58. The Bertz CT molecular complexity index is 470. The number of rotatable bonds is 1. The summed E-state index contributed by atoms with van der Waals surface area (Å²) < 4.78 is 0. The molecule has 0 atom stereocenters. The van der Waals surface area contributed by atoms with Gasteiger partial charge in [-0.15, -0.1) is 0 Å². The van der Waals surface area contributed by atoms with Crippen molar-refractivity contribution in [1.29, 1.82) is 0 Å². The molecule has 13 heavy (non-hydrogen) atoms. The van der Waals surface area contributed by atoms with Crippen LogP contribution in [0.5, 0.6) is 0 Å². The van der Waals surface area contributed by atoms with Gasteiger partial charge < -0.3 is 4.98 Å². The summed E-state index contributed by atoms with van der Waals surface area (Å²) in [4.78, 5) is 13.7. The number of H-pyrrole nitrogens is 1. The van der Waals surface area contributed by atoms with E-state index in [-0.39, 0.29) is 4.87 Å². The van der Waals surface area contributed by atoms with E-state index in [1.807, 2.05) is 36.6 Å². The van der Waals surface area contributed by atoms with Gasteiger partial charge in [0.1, 0.15) is 0 Å². The van der Waals surface area contributed by atoms with Crippen molar-refractivity contribution in [2.45, 2.75) is 6.92 Å². The molecule has 1 N–H and O–H groups in total. The molecular formula is C10H9NOS. The number of aryl methyl sites for hydroxylation is 1. The second kappa shape index (κ2) is 3.18. The number of aromatic nitrogens is 1. The lowest BCUT2D eigenvalue weighted by molar-refractivity contribution is 1.32. The van der Waals surface area contributed by atoms with Gasteiger partial charge >= 0.3 is 4.87 Å². The first-order valence-electron chi connectivity index (χ1n) is 4.01. The molecule has 2 rings (SSSR count). The van der Waals surface area contributed by atoms with Crippen molar-refractivity contribution in [2.24, 2.45) is 0 Å². The fraction of sp³-hybridized carbons (Fsp3) is 0.100. The van der Waals surface area contributed by atoms with Gasteiger partial charge in [-0.2, -0.15) is 0 Å². The lowest BCUT2D eigenvalue weighted by atomic mass is 10.1. The van der Waals surface area contributed by atoms with Gasteiger partial charge in [0.25, 0.3) is 0 Å². The molecule has 0 aliphatic rings. The normalized spacial score (nSPS) is 10.2. The molecule has 2 nitrogen and oxygen atoms in total. The number of benzene rings is 1. The van der Waals surface area contributed by atoms with E-state index in [0.29, 0.717) is 0 Å². The number of aromatic amines is 1. The molecule has 66 valence electrons. The molecular weight excluding hydrogens is 182 g/mol. The first-order valence-corrected chi connectivity index (χ1v) is 4.89. The Morgan fingerprint density at radius 3 is 2.69 bits per heavy atom. The molecule has 0 saturated carbocycles. The molecule has 1 aromatic heterocycles. The van der Waals surface area contributed by atoms with Gasteiger partial charge in [-0.3, -0.25) is 4.79 Å². The molecule has 0 unspecified atom stereocenters. The van der Waals surface area contributed by atoms with E-state index < -0.39 is 0 Å². The maximum absolute atomic E-state index is 10.9. The topological polar surface area (TPSA) is 32.9 Å². The zero-order valence-corrected chi connectivity index (χ0v) is 8.02. The van der Waals surface area contributed by atoms with Gasteiger partial charge in [-0.25, -0.2) is 0 Å². The molecule has 1 aromatic carbocycles. The van der Waals surface area contributed by atoms with Crippen LogP contribution in [0, 0.1) is 6.92 Å². The molecule has 0 saturated heterocycles. The molecule has 0 spiro atoms. The van der Waals surface area contributed by atoms with Gasteiger partial charge in [0, 0.05) is 10.9 Å². The van der Waals surface area contributed by atoms with E-state index in [1.165, 1.54) is 16.9 Å². The van der Waals surface area contributed by atoms with Crippen LogP contribution in [0.3, 0.4) is 0 Å². The predicted octanol–water partition coefficient (Wildman–Crippen LogP) is 2.41. The van der Waals surface area contributed by atoms with Crippen LogP contribution in [-0.2, 0) is 0 Å². The SMILES string of the molecule is Cc1ccccc1-c1csc(=O)[nH]1. The van der Waals surface area contributed by atoms with Crippen molar-refractivity contribution in [3.05, 3.63) is 44.9 Å². The highest BCUT2D eigenvalue weighted by Crippen LogP contribution is 2.20. The monoisotopic (exact) mass is 191 g/mol. The third-order valence-electron chi connectivity index (χ3n) is 1.96. The Labute approximate surface area is 79.9 Å². The van der Waals surface area contributed by atoms with E-state index in [4.69, 9.17) is 0 Å². The average molecular weight is 191 g/mol. The van der Waals surface area contributed by atoms with Crippen molar-refractivity contribution < 1.29 is 0 Å². The van der Waals surface area contributed by atoms with Crippen molar-refractivity contribution in [1.82, 2.24) is 4.98 Å². The Morgan fingerprint density at radius 1 is 1.31 bits per heavy atom. The van der Waals surface area contributed by atoms with Crippen molar-refractivity contribution in [3.63, 3.8) is 0 Å². The summed E-state index contributed by atoms with van der Waals surface area (Å²) in [6.07, 6.45) is 0. The minimum atomic E-state index is -0.00162. The minimum absolute atomic E-state index is 0.00162. The summed E-state index contributed by atoms with van der Waals surface area (Å²) >= 11 is 1.20. The zero-order chi connectivity index (χ0) is 9.26. The van der Waals surface area contributed by atoms with E-state index in [2.05, 4.69) is 4.98 Å². The van der Waals surface area contributed by atoms with Crippen LogP contribution in [0.4, 0.5) is 0 Å². The van der Waals surface area contributed by atoms with Gasteiger partial charge in [0.15, 0.2) is 0 Å². The highest BCUT2D eigenvalue weighted by Gasteiger charge is 2.02. The number of nitrogens with one attached hydrogen (secondary N) is 1. The third-order valence-corrected chi connectivity index (χ3v) is 2.63. The van der Waals surface area contributed by atoms with Crippen molar-refractivity contribution in [2.75, 3.05) is 0 Å². The van der Waals surface area contributed by atoms with Crippen LogP contribution in [0.25, 0.3) is 11.3 Å². The standard InChI is InChI=1S/C10H9NOS/c1-7-4-2-3-5-8(7)9-6-13-10(12)11-9/h2-6H,1H3,(H,11,12). The fourth-order valence-corrected chi connectivity index (χ4v) is 1.87. The van der Waals surface area contributed by atoms with Crippen LogP contribution in [-0.4, -0.2) is 4.98 Å². The first kappa shape index (κ1) is 8.26. The molecule has 1 heterocycles. The lowest BCUT2D eigenvalue weighted by Gasteiger charge is -2.00. The second-order valence-electron chi connectivity index (χ2n) is 2.88. The molecule has 0 aliphatic heterocycles. The van der Waals surface area contributed by atoms with Crippen LogP contribution >= 0.6 is 11.3 Å². The van der Waals surface area contributed by atoms with E-state index >= 15 is 0 Å². The largest absolute Gasteiger partial charge is 0.312 e. The Morgan fingerprint density at radius 2 is 2.08 bits per heavy atom. The number of hydrogen-bond donors (Lipinski definition) is 1. The quantitative estimate of drug-likeness (QED) is 0.737. The van der Waals surface area contributed by atoms with Gasteiger partial charge in [0.05, 0.1) is 5.69 Å². The Hall–Kier alpha value is -1.35. The number of thiazole rings is 1. The molecule has 0 fully saturated rings. The predicted molar refractivity (Wildman–Crippen MR) is 55.1 cm³/mol. The van der Waals surface area contributed by atoms with E-state index in [9.17, 15) is 4.79 Å². The maximum Gasteiger partial charge on any atom is 0.304 e. The molecule has 0 amide bonds. The second-order valence-corrected chi connectivity index (χ2v) is 3.72. The molecule has 0 bridgehead atoms. The van der Waals surface area contributed by atoms with Crippen LogP contribution in [0.15, 0.2) is 34.4 Å². The molecule has 2 aromatic rings. The van der Waals surface area contributed by atoms with Crippen LogP contribution < -0.4 is 4.87 Å². The van der Waals surface area contributed by atoms with Crippen molar-refractivity contribution >= 4 is 11.3 Å². The highest BCUT2D eigenvalue weighted by atomic mass is 32.1. The van der Waals surface area contributed by atoms with Crippen LogP contribution in [0.1, 0.15) is 5.56 Å². The minimum Gasteiger partial charge on any atom is -0.312 e. The summed E-state index contributed by atoms with van der Waals surface area (Å²) in [5.74, 6) is 0. The smallest absolute Gasteiger partial charge is 0.304 e. The van der Waals surface area contributed by atoms with Gasteiger partial charge in [-0.1, -0.05) is 35.6 Å². The summed E-state index contributed by atoms with van der Waals surface area (Å²) in [5.41, 5.74) is 3.19. The van der Waals surface area contributed by atoms with E-state index in [1.54, 1.807) is 0 Å². The van der Waals surface area contributed by atoms with E-state index in [0.717, 1.165) is 11.3 Å². The first-order chi connectivity index (χ1) is 6.27. The van der Waals surface area contributed by atoms with Gasteiger partial charge in [-0.05, 0) is 12.5 Å². The number of hydrogen-bond acceptors (Lipinski definition) is 2. The molecule has 3 heteroatoms. The maximum atomic E-state index is 10.9. The highest BCUT2D eigenvalue weighted by molar-refractivity contribution is 7.07. The summed E-state index contributed by atoms with van der Waals surface area (Å²) in [5, 5.41) is 1.85. The molecule has 0 aliphatic carbocycles. The summed E-state index contributed by atoms with van der Waals surface area (Å²) in [6.45, 7) is 2.03. The van der Waals surface area contributed by atoms with Gasteiger partial charge in [0.2, 0.25) is 0 Å². The summed E-state index contributed by atoms with van der Waals surface area (Å²) in [7, 11) is 0. The zero-order valence-electron chi connectivity index (χ0n) is 7.20. The summed E-state index contributed by atoms with van der Waals surface area (Å²) in [6, 6.07) is 8.00. The third kappa shape index (κ3) is 1.55. The molecule has 0 radical (unpaired) electrons. The average Bonchev–Trinajstić information content (AvgIpc) is 2.53. The van der Waals surface area contributed by atoms with Crippen LogP contribution in [0.2, 0.25) is 0 Å². The lowest BCUT2D eigenvalue weighted by Crippen LogP contribution is -1.93. The fourth-order valence-electron chi connectivity index (χ4n) is 1.29.